The number of benzene rings is 1. The second kappa shape index (κ2) is 6.59. The highest BCUT2D eigenvalue weighted by Gasteiger charge is 2.45. The van der Waals surface area contributed by atoms with Crippen LogP contribution in [0.25, 0.3) is 0 Å². The number of fused-ring (bicyclic) bond motifs is 2. The van der Waals surface area contributed by atoms with Crippen molar-refractivity contribution in [3.8, 4) is 0 Å². The number of nitrogens with one attached hydrogen (secondary N) is 1. The highest BCUT2D eigenvalue weighted by molar-refractivity contribution is 6.31. The van der Waals surface area contributed by atoms with Gasteiger partial charge in [0.15, 0.2) is 0 Å². The summed E-state index contributed by atoms with van der Waals surface area (Å²) in [4.78, 5) is 21.6. The maximum Gasteiger partial charge on any atom is 0.321 e. The van der Waals surface area contributed by atoms with E-state index in [0.717, 1.165) is 43.0 Å². The summed E-state index contributed by atoms with van der Waals surface area (Å²) in [6.07, 6.45) is 5.73. The molecular weight excluding hydrogens is 350 g/mol. The van der Waals surface area contributed by atoms with E-state index < -0.39 is 0 Å². The van der Waals surface area contributed by atoms with Crippen molar-refractivity contribution in [2.75, 3.05) is 32.0 Å². The molecule has 1 saturated heterocycles. The van der Waals surface area contributed by atoms with Gasteiger partial charge >= 0.3 is 6.03 Å². The van der Waals surface area contributed by atoms with E-state index in [1.807, 2.05) is 36.2 Å². The summed E-state index contributed by atoms with van der Waals surface area (Å²) in [6.45, 7) is 5.33. The van der Waals surface area contributed by atoms with Gasteiger partial charge in [0.25, 0.3) is 0 Å². The minimum absolute atomic E-state index is 0.0629. The Balaban J connectivity index is 1.47. The lowest BCUT2D eigenvalue weighted by atomic mass is 9.83. The Kier molecular flexibility index (Phi) is 4.40. The molecule has 1 aromatic carbocycles. The van der Waals surface area contributed by atoms with Crippen molar-refractivity contribution in [2.45, 2.75) is 31.8 Å². The van der Waals surface area contributed by atoms with Crippen LogP contribution in [0.4, 0.5) is 10.5 Å². The summed E-state index contributed by atoms with van der Waals surface area (Å²) in [7, 11) is 2.17. The molecule has 138 valence electrons. The number of imidazole rings is 1. The molecule has 2 aromatic rings. The van der Waals surface area contributed by atoms with E-state index in [9.17, 15) is 4.79 Å². The van der Waals surface area contributed by atoms with E-state index in [1.54, 1.807) is 0 Å². The smallest absolute Gasteiger partial charge is 0.321 e. The number of carbonyl (C=O) groups excluding carboxylic acids is 1. The number of hydrogen-bond donors (Lipinski definition) is 1. The van der Waals surface area contributed by atoms with Crippen molar-refractivity contribution in [3.63, 3.8) is 0 Å². The van der Waals surface area contributed by atoms with Crippen molar-refractivity contribution >= 4 is 23.3 Å². The normalized spacial score (nSPS) is 19.4. The minimum atomic E-state index is -0.0650. The maximum absolute atomic E-state index is 12.7. The van der Waals surface area contributed by atoms with Gasteiger partial charge in [-0.2, -0.15) is 0 Å². The van der Waals surface area contributed by atoms with Gasteiger partial charge in [0.1, 0.15) is 5.82 Å². The average molecular weight is 374 g/mol. The molecule has 0 unspecified atom stereocenters. The van der Waals surface area contributed by atoms with Gasteiger partial charge in [-0.3, -0.25) is 4.90 Å². The Hall–Kier alpha value is -2.05. The molecule has 1 aromatic heterocycles. The van der Waals surface area contributed by atoms with Gasteiger partial charge in [0.05, 0.1) is 5.54 Å². The molecule has 2 amide bonds. The first kappa shape index (κ1) is 17.4. The third-order valence-corrected chi connectivity index (χ3v) is 6.34. The molecule has 1 spiro atoms. The van der Waals surface area contributed by atoms with Gasteiger partial charge in [0, 0.05) is 49.3 Å². The molecule has 26 heavy (non-hydrogen) atoms. The van der Waals surface area contributed by atoms with Crippen LogP contribution in [0.15, 0.2) is 30.6 Å². The largest absolute Gasteiger partial charge is 0.332 e. The first-order chi connectivity index (χ1) is 12.5. The molecule has 4 rings (SSSR count). The Morgan fingerprint density at radius 3 is 2.77 bits per heavy atom. The second-order valence-corrected chi connectivity index (χ2v) is 7.63. The number of nitrogens with zero attached hydrogens (tertiary/aromatic N) is 4. The number of piperidine rings is 1. The summed E-state index contributed by atoms with van der Waals surface area (Å²) in [5.41, 5.74) is 1.60. The highest BCUT2D eigenvalue weighted by atomic mass is 35.5. The van der Waals surface area contributed by atoms with Crippen LogP contribution in [0, 0.1) is 6.92 Å². The lowest BCUT2D eigenvalue weighted by Crippen LogP contribution is -2.57. The summed E-state index contributed by atoms with van der Waals surface area (Å²) in [5.74, 6) is 1.14. The molecule has 0 radical (unpaired) electrons. The topological polar surface area (TPSA) is 53.4 Å². The lowest BCUT2D eigenvalue weighted by molar-refractivity contribution is 0.0197. The van der Waals surface area contributed by atoms with E-state index in [-0.39, 0.29) is 11.6 Å². The SMILES string of the molecule is Cc1c(Cl)cccc1NC(=O)N1CCC2(CC1)c1nccn1CCN2C. The summed E-state index contributed by atoms with van der Waals surface area (Å²) < 4.78 is 2.26. The predicted molar refractivity (Wildman–Crippen MR) is 103 cm³/mol. The number of rotatable bonds is 1. The molecule has 0 aliphatic carbocycles. The molecule has 1 N–H and O–H groups in total. The van der Waals surface area contributed by atoms with Gasteiger partial charge in [-0.25, -0.2) is 9.78 Å². The summed E-state index contributed by atoms with van der Waals surface area (Å²) >= 11 is 6.15. The number of likely N-dealkylation sites (N-methyl/N-ethyl adjacent to an activating group) is 1. The Morgan fingerprint density at radius 2 is 2.00 bits per heavy atom. The number of hydrogen-bond acceptors (Lipinski definition) is 3. The van der Waals surface area contributed by atoms with Crippen LogP contribution in [-0.4, -0.2) is 52.1 Å². The number of halogens is 1. The first-order valence-electron chi connectivity index (χ1n) is 9.05. The van der Waals surface area contributed by atoms with Gasteiger partial charge in [-0.1, -0.05) is 17.7 Å². The van der Waals surface area contributed by atoms with Crippen LogP contribution in [0.1, 0.15) is 24.2 Å². The molecule has 0 atom stereocenters. The van der Waals surface area contributed by atoms with Gasteiger partial charge in [-0.15, -0.1) is 0 Å². The summed E-state index contributed by atoms with van der Waals surface area (Å²) in [6, 6.07) is 5.51. The third-order valence-electron chi connectivity index (χ3n) is 5.93. The highest BCUT2D eigenvalue weighted by Crippen LogP contribution is 2.39. The van der Waals surface area contributed by atoms with Crippen LogP contribution in [0.2, 0.25) is 5.02 Å². The van der Waals surface area contributed by atoms with Crippen molar-refractivity contribution in [3.05, 3.63) is 47.0 Å². The number of likely N-dealkylation sites (tertiary alicyclic amines) is 1. The minimum Gasteiger partial charge on any atom is -0.332 e. The van der Waals surface area contributed by atoms with E-state index in [0.29, 0.717) is 18.1 Å². The van der Waals surface area contributed by atoms with Crippen molar-refractivity contribution in [1.82, 2.24) is 19.4 Å². The van der Waals surface area contributed by atoms with Gasteiger partial charge in [0.2, 0.25) is 0 Å². The zero-order valence-electron chi connectivity index (χ0n) is 15.2. The molecule has 6 nitrogen and oxygen atoms in total. The summed E-state index contributed by atoms with van der Waals surface area (Å²) in [5, 5.41) is 3.67. The Morgan fingerprint density at radius 1 is 1.23 bits per heavy atom. The molecule has 2 aliphatic heterocycles. The van der Waals surface area contributed by atoms with E-state index in [2.05, 4.69) is 33.0 Å². The number of carbonyl (C=O) groups is 1. The van der Waals surface area contributed by atoms with Gasteiger partial charge < -0.3 is 14.8 Å². The fourth-order valence-corrected chi connectivity index (χ4v) is 4.34. The lowest BCUT2D eigenvalue weighted by Gasteiger charge is -2.49. The molecule has 2 aliphatic rings. The van der Waals surface area contributed by atoms with Crippen molar-refractivity contribution < 1.29 is 4.79 Å². The van der Waals surface area contributed by atoms with Crippen LogP contribution < -0.4 is 5.32 Å². The monoisotopic (exact) mass is 373 g/mol. The molecule has 3 heterocycles. The predicted octanol–water partition coefficient (Wildman–Crippen LogP) is 3.31. The van der Waals surface area contributed by atoms with E-state index in [1.165, 1.54) is 0 Å². The Bertz CT molecular complexity index is 825. The number of urea groups is 1. The van der Waals surface area contributed by atoms with Crippen LogP contribution in [0.3, 0.4) is 0 Å². The van der Waals surface area contributed by atoms with Crippen LogP contribution in [-0.2, 0) is 12.1 Å². The fourth-order valence-electron chi connectivity index (χ4n) is 4.16. The number of amides is 2. The number of anilines is 1. The van der Waals surface area contributed by atoms with E-state index >= 15 is 0 Å². The van der Waals surface area contributed by atoms with Crippen molar-refractivity contribution in [1.29, 1.82) is 0 Å². The second-order valence-electron chi connectivity index (χ2n) is 7.23. The fraction of sp³-hybridized carbons (Fsp3) is 0.474. The van der Waals surface area contributed by atoms with E-state index in [4.69, 9.17) is 11.6 Å². The standard InChI is InChI=1S/C19H24ClN5O/c1-14-15(20)4-3-5-16(14)22-18(26)25-9-6-19(7-10-25)17-21-8-11-24(17)13-12-23(19)2/h3-5,8,11H,6-7,9-10,12-13H2,1-2H3,(H,22,26). The Labute approximate surface area is 158 Å². The first-order valence-corrected chi connectivity index (χ1v) is 9.43. The maximum atomic E-state index is 12.7. The molecular formula is C19H24ClN5O. The quantitative estimate of drug-likeness (QED) is 0.834. The molecule has 1 fully saturated rings. The zero-order valence-corrected chi connectivity index (χ0v) is 16.0. The van der Waals surface area contributed by atoms with Gasteiger partial charge in [-0.05, 0) is 44.5 Å². The average Bonchev–Trinajstić information content (AvgIpc) is 3.13. The van der Waals surface area contributed by atoms with Crippen LogP contribution >= 0.6 is 11.6 Å². The zero-order chi connectivity index (χ0) is 18.3. The molecule has 0 bridgehead atoms. The van der Waals surface area contributed by atoms with Crippen molar-refractivity contribution in [2.24, 2.45) is 0 Å². The molecule has 7 heteroatoms. The third kappa shape index (κ3) is 2.77. The number of aromatic nitrogens is 2. The molecule has 0 saturated carbocycles. The van der Waals surface area contributed by atoms with Crippen LogP contribution in [0.5, 0.6) is 0 Å².